The molecule has 5 heteroatoms. The highest BCUT2D eigenvalue weighted by molar-refractivity contribution is 9.10. The van der Waals surface area contributed by atoms with Gasteiger partial charge in [0.1, 0.15) is 0 Å². The number of rotatable bonds is 3. The van der Waals surface area contributed by atoms with E-state index in [1.54, 1.807) is 11.3 Å². The molecule has 2 rings (SSSR count). The predicted octanol–water partition coefficient (Wildman–Crippen LogP) is 1.84. The van der Waals surface area contributed by atoms with Crippen LogP contribution in [0, 0.1) is 0 Å². The van der Waals surface area contributed by atoms with Gasteiger partial charge in [0.2, 0.25) is 0 Å². The average Bonchev–Trinajstić information content (AvgIpc) is 2.68. The topological polar surface area (TPSA) is 38.5 Å². The third-order valence-corrected chi connectivity index (χ3v) is 4.42. The van der Waals surface area contributed by atoms with E-state index in [1.807, 2.05) is 0 Å². The second kappa shape index (κ2) is 5.41. The van der Waals surface area contributed by atoms with Gasteiger partial charge in [-0.05, 0) is 22.0 Å². The van der Waals surface area contributed by atoms with Crippen molar-refractivity contribution in [2.75, 3.05) is 32.8 Å². The van der Waals surface area contributed by atoms with Crippen LogP contribution < -0.4 is 5.73 Å². The molecule has 1 saturated heterocycles. The molecule has 1 aromatic heterocycles. The van der Waals surface area contributed by atoms with Gasteiger partial charge in [0.25, 0.3) is 0 Å². The lowest BCUT2D eigenvalue weighted by Gasteiger charge is -2.33. The molecule has 0 radical (unpaired) electrons. The molecule has 1 unspecified atom stereocenters. The second-order valence-electron chi connectivity index (χ2n) is 3.57. The number of nitrogens with two attached hydrogens (primary N) is 1. The van der Waals surface area contributed by atoms with Crippen molar-refractivity contribution >= 4 is 27.3 Å². The first-order chi connectivity index (χ1) is 7.31. The van der Waals surface area contributed by atoms with Crippen molar-refractivity contribution in [1.82, 2.24) is 4.90 Å². The molecule has 0 aromatic carbocycles. The van der Waals surface area contributed by atoms with Gasteiger partial charge in [-0.15, -0.1) is 11.3 Å². The summed E-state index contributed by atoms with van der Waals surface area (Å²) in [6.45, 7) is 4.29. The van der Waals surface area contributed by atoms with Gasteiger partial charge >= 0.3 is 0 Å². The molecule has 1 aromatic rings. The van der Waals surface area contributed by atoms with Gasteiger partial charge in [-0.2, -0.15) is 0 Å². The number of morpholine rings is 1. The fourth-order valence-electron chi connectivity index (χ4n) is 1.84. The Morgan fingerprint density at radius 3 is 2.80 bits per heavy atom. The monoisotopic (exact) mass is 290 g/mol. The Hall–Kier alpha value is 0.0600. The highest BCUT2D eigenvalue weighted by Crippen LogP contribution is 2.29. The standard InChI is InChI=1S/C10H15BrN2OS/c11-8-5-10(15-7-8)9(6-12)13-1-3-14-4-2-13/h5,7,9H,1-4,6,12H2. The number of hydrogen-bond donors (Lipinski definition) is 1. The van der Waals surface area contributed by atoms with Crippen molar-refractivity contribution in [3.8, 4) is 0 Å². The Morgan fingerprint density at radius 1 is 1.53 bits per heavy atom. The highest BCUT2D eigenvalue weighted by atomic mass is 79.9. The first-order valence-corrected chi connectivity index (χ1v) is 6.74. The number of thiophene rings is 1. The van der Waals surface area contributed by atoms with Crippen molar-refractivity contribution < 1.29 is 4.74 Å². The first kappa shape index (κ1) is 11.5. The van der Waals surface area contributed by atoms with Crippen LogP contribution >= 0.6 is 27.3 Å². The minimum atomic E-state index is 0.352. The molecule has 1 aliphatic heterocycles. The van der Waals surface area contributed by atoms with Crippen molar-refractivity contribution in [1.29, 1.82) is 0 Å². The van der Waals surface area contributed by atoms with Gasteiger partial charge in [-0.25, -0.2) is 0 Å². The molecular formula is C10H15BrN2OS. The van der Waals surface area contributed by atoms with Crippen LogP contribution in [-0.4, -0.2) is 37.7 Å². The highest BCUT2D eigenvalue weighted by Gasteiger charge is 2.22. The zero-order chi connectivity index (χ0) is 10.7. The summed E-state index contributed by atoms with van der Waals surface area (Å²) in [6, 6.07) is 2.52. The number of hydrogen-bond acceptors (Lipinski definition) is 4. The Labute approximate surface area is 102 Å². The van der Waals surface area contributed by atoms with Crippen LogP contribution in [-0.2, 0) is 4.74 Å². The molecule has 0 aliphatic carbocycles. The Kier molecular flexibility index (Phi) is 4.16. The summed E-state index contributed by atoms with van der Waals surface area (Å²) in [5.41, 5.74) is 5.85. The fourth-order valence-corrected chi connectivity index (χ4v) is 3.43. The summed E-state index contributed by atoms with van der Waals surface area (Å²) >= 11 is 5.25. The van der Waals surface area contributed by atoms with Gasteiger partial charge in [0.15, 0.2) is 0 Å². The Bertz CT molecular complexity index is 312. The van der Waals surface area contributed by atoms with Gasteiger partial charge in [0, 0.05) is 34.4 Å². The quantitative estimate of drug-likeness (QED) is 0.923. The van der Waals surface area contributed by atoms with Crippen LogP contribution in [0.5, 0.6) is 0 Å². The largest absolute Gasteiger partial charge is 0.379 e. The molecule has 0 amide bonds. The van der Waals surface area contributed by atoms with Crippen LogP contribution in [0.3, 0.4) is 0 Å². The van der Waals surface area contributed by atoms with Crippen LogP contribution in [0.15, 0.2) is 15.9 Å². The van der Waals surface area contributed by atoms with Crippen molar-refractivity contribution in [3.05, 3.63) is 20.8 Å². The third-order valence-electron chi connectivity index (χ3n) is 2.63. The van der Waals surface area contributed by atoms with E-state index in [4.69, 9.17) is 10.5 Å². The SMILES string of the molecule is NCC(c1cc(Br)cs1)N1CCOCC1. The molecule has 2 heterocycles. The summed E-state index contributed by atoms with van der Waals surface area (Å²) in [5.74, 6) is 0. The van der Waals surface area contributed by atoms with Gasteiger partial charge in [-0.3, -0.25) is 4.90 Å². The van der Waals surface area contributed by atoms with E-state index < -0.39 is 0 Å². The van der Waals surface area contributed by atoms with Gasteiger partial charge in [0.05, 0.1) is 19.3 Å². The van der Waals surface area contributed by atoms with E-state index >= 15 is 0 Å². The molecule has 1 atom stereocenters. The van der Waals surface area contributed by atoms with E-state index in [9.17, 15) is 0 Å². The molecular weight excluding hydrogens is 276 g/mol. The average molecular weight is 291 g/mol. The first-order valence-electron chi connectivity index (χ1n) is 5.07. The lowest BCUT2D eigenvalue weighted by molar-refractivity contribution is 0.0186. The molecule has 0 spiro atoms. The summed E-state index contributed by atoms with van der Waals surface area (Å²) in [4.78, 5) is 3.74. The minimum Gasteiger partial charge on any atom is -0.379 e. The maximum atomic E-state index is 5.85. The van der Waals surface area contributed by atoms with E-state index in [2.05, 4.69) is 32.3 Å². The van der Waals surface area contributed by atoms with Crippen LogP contribution in [0.25, 0.3) is 0 Å². The van der Waals surface area contributed by atoms with E-state index in [1.165, 1.54) is 4.88 Å². The van der Waals surface area contributed by atoms with E-state index in [0.717, 1.165) is 30.8 Å². The maximum absolute atomic E-state index is 5.85. The molecule has 15 heavy (non-hydrogen) atoms. The second-order valence-corrected chi connectivity index (χ2v) is 5.43. The summed E-state index contributed by atoms with van der Waals surface area (Å²) in [6.07, 6.45) is 0. The lowest BCUT2D eigenvalue weighted by atomic mass is 10.2. The third kappa shape index (κ3) is 2.79. The molecule has 1 fully saturated rings. The number of ether oxygens (including phenoxy) is 1. The molecule has 1 aliphatic rings. The zero-order valence-electron chi connectivity index (χ0n) is 8.49. The molecule has 0 saturated carbocycles. The van der Waals surface area contributed by atoms with Crippen LogP contribution in [0.1, 0.15) is 10.9 Å². The van der Waals surface area contributed by atoms with E-state index in [0.29, 0.717) is 12.6 Å². The van der Waals surface area contributed by atoms with Crippen LogP contribution in [0.2, 0.25) is 0 Å². The van der Waals surface area contributed by atoms with E-state index in [-0.39, 0.29) is 0 Å². The number of nitrogens with zero attached hydrogens (tertiary/aromatic N) is 1. The van der Waals surface area contributed by atoms with Crippen LogP contribution in [0.4, 0.5) is 0 Å². The molecule has 2 N–H and O–H groups in total. The summed E-state index contributed by atoms with van der Waals surface area (Å²) in [7, 11) is 0. The molecule has 0 bridgehead atoms. The predicted molar refractivity (Wildman–Crippen MR) is 66.2 cm³/mol. The summed E-state index contributed by atoms with van der Waals surface area (Å²) in [5, 5.41) is 2.11. The Morgan fingerprint density at radius 2 is 2.27 bits per heavy atom. The Balaban J connectivity index is 2.08. The fraction of sp³-hybridized carbons (Fsp3) is 0.600. The van der Waals surface area contributed by atoms with Crippen molar-refractivity contribution in [3.63, 3.8) is 0 Å². The lowest BCUT2D eigenvalue weighted by Crippen LogP contribution is -2.41. The van der Waals surface area contributed by atoms with Crippen molar-refractivity contribution in [2.45, 2.75) is 6.04 Å². The zero-order valence-corrected chi connectivity index (χ0v) is 10.9. The molecule has 84 valence electrons. The summed E-state index contributed by atoms with van der Waals surface area (Å²) < 4.78 is 6.49. The maximum Gasteiger partial charge on any atom is 0.0594 e. The van der Waals surface area contributed by atoms with Gasteiger partial charge in [-0.1, -0.05) is 0 Å². The number of halogens is 1. The normalized spacial score (nSPS) is 20.4. The minimum absolute atomic E-state index is 0.352. The van der Waals surface area contributed by atoms with Gasteiger partial charge < -0.3 is 10.5 Å². The van der Waals surface area contributed by atoms with Crippen molar-refractivity contribution in [2.24, 2.45) is 5.73 Å². The molecule has 3 nitrogen and oxygen atoms in total. The smallest absolute Gasteiger partial charge is 0.0594 e.